The van der Waals surface area contributed by atoms with Crippen molar-refractivity contribution in [3.8, 4) is 11.1 Å². The van der Waals surface area contributed by atoms with Crippen LogP contribution in [0.15, 0.2) is 48.5 Å². The molecule has 1 aliphatic carbocycles. The molecular formula is C28H36N2O5. The van der Waals surface area contributed by atoms with E-state index in [2.05, 4.69) is 22.8 Å². The number of carbonyl (C=O) groups is 3. The molecule has 7 nitrogen and oxygen atoms in total. The van der Waals surface area contributed by atoms with E-state index in [1.165, 1.54) is 0 Å². The van der Waals surface area contributed by atoms with E-state index in [0.29, 0.717) is 12.8 Å². The Labute approximate surface area is 207 Å². The zero-order valence-electron chi connectivity index (χ0n) is 21.1. The van der Waals surface area contributed by atoms with Crippen molar-refractivity contribution in [1.82, 2.24) is 10.6 Å². The van der Waals surface area contributed by atoms with Crippen LogP contribution in [0.25, 0.3) is 11.1 Å². The Morgan fingerprint density at radius 2 is 1.46 bits per heavy atom. The van der Waals surface area contributed by atoms with Crippen molar-refractivity contribution in [3.63, 3.8) is 0 Å². The van der Waals surface area contributed by atoms with Gasteiger partial charge in [0.2, 0.25) is 5.91 Å². The molecule has 0 saturated heterocycles. The first kappa shape index (κ1) is 26.3. The number of hydrogen-bond acceptors (Lipinski definition) is 4. The van der Waals surface area contributed by atoms with Crippen molar-refractivity contribution in [3.05, 3.63) is 59.7 Å². The van der Waals surface area contributed by atoms with E-state index >= 15 is 0 Å². The molecule has 0 fully saturated rings. The first-order valence-corrected chi connectivity index (χ1v) is 12.1. The van der Waals surface area contributed by atoms with E-state index in [0.717, 1.165) is 22.3 Å². The molecule has 2 amide bonds. The molecule has 2 atom stereocenters. The summed E-state index contributed by atoms with van der Waals surface area (Å²) in [6.45, 7) is 9.78. The van der Waals surface area contributed by atoms with Crippen LogP contribution in [0.1, 0.15) is 64.5 Å². The number of nitrogens with one attached hydrogen (secondary N) is 2. The van der Waals surface area contributed by atoms with E-state index in [1.54, 1.807) is 0 Å². The predicted molar refractivity (Wildman–Crippen MR) is 135 cm³/mol. The van der Waals surface area contributed by atoms with Gasteiger partial charge in [-0.3, -0.25) is 4.79 Å². The van der Waals surface area contributed by atoms with Gasteiger partial charge < -0.3 is 20.5 Å². The fourth-order valence-electron chi connectivity index (χ4n) is 4.57. The van der Waals surface area contributed by atoms with Crippen molar-refractivity contribution in [2.24, 2.45) is 11.3 Å². The molecule has 0 aliphatic heterocycles. The molecule has 3 rings (SSSR count). The monoisotopic (exact) mass is 480 g/mol. The largest absolute Gasteiger partial charge is 0.480 e. The van der Waals surface area contributed by atoms with Gasteiger partial charge in [0.1, 0.15) is 18.7 Å². The van der Waals surface area contributed by atoms with Crippen LogP contribution in [0.4, 0.5) is 4.79 Å². The first-order chi connectivity index (χ1) is 16.5. The lowest BCUT2D eigenvalue weighted by Crippen LogP contribution is -2.53. The molecule has 1 unspecified atom stereocenters. The molecule has 7 heteroatoms. The van der Waals surface area contributed by atoms with Gasteiger partial charge in [0.05, 0.1) is 0 Å². The van der Waals surface area contributed by atoms with Crippen molar-refractivity contribution in [1.29, 1.82) is 0 Å². The van der Waals surface area contributed by atoms with Crippen molar-refractivity contribution < 1.29 is 24.2 Å². The number of carboxylic acids is 1. The van der Waals surface area contributed by atoms with Gasteiger partial charge in [-0.2, -0.15) is 0 Å². The molecule has 0 radical (unpaired) electrons. The number of rotatable bonds is 9. The normalized spacial score (nSPS) is 14.6. The third kappa shape index (κ3) is 6.84. The summed E-state index contributed by atoms with van der Waals surface area (Å²) >= 11 is 0. The van der Waals surface area contributed by atoms with Gasteiger partial charge in [-0.15, -0.1) is 0 Å². The number of hydrogen-bond donors (Lipinski definition) is 3. The van der Waals surface area contributed by atoms with E-state index in [9.17, 15) is 19.5 Å². The first-order valence-electron chi connectivity index (χ1n) is 12.1. The Hall–Kier alpha value is -3.35. The van der Waals surface area contributed by atoms with Crippen LogP contribution in [-0.2, 0) is 14.3 Å². The summed E-state index contributed by atoms with van der Waals surface area (Å²) in [6, 6.07) is 14.2. The Balaban J connectivity index is 1.69. The quantitative estimate of drug-likeness (QED) is 0.471. The number of aliphatic carboxylic acids is 1. The molecule has 35 heavy (non-hydrogen) atoms. The maximum atomic E-state index is 13.0. The lowest BCUT2D eigenvalue weighted by Gasteiger charge is -2.27. The summed E-state index contributed by atoms with van der Waals surface area (Å²) in [7, 11) is 0. The third-order valence-electron chi connectivity index (χ3n) is 6.09. The van der Waals surface area contributed by atoms with E-state index in [-0.39, 0.29) is 23.9 Å². The van der Waals surface area contributed by atoms with Gasteiger partial charge in [-0.05, 0) is 46.4 Å². The minimum Gasteiger partial charge on any atom is -0.480 e. The predicted octanol–water partition coefficient (Wildman–Crippen LogP) is 4.95. The highest BCUT2D eigenvalue weighted by Gasteiger charge is 2.32. The third-order valence-corrected chi connectivity index (χ3v) is 6.09. The summed E-state index contributed by atoms with van der Waals surface area (Å²) in [4.78, 5) is 37.4. The fraction of sp³-hybridized carbons (Fsp3) is 0.464. The average Bonchev–Trinajstić information content (AvgIpc) is 3.09. The van der Waals surface area contributed by atoms with Gasteiger partial charge in [-0.1, -0.05) is 83.1 Å². The van der Waals surface area contributed by atoms with Gasteiger partial charge >= 0.3 is 12.1 Å². The summed E-state index contributed by atoms with van der Waals surface area (Å²) < 4.78 is 5.61. The molecule has 0 heterocycles. The number of carbonyl (C=O) groups excluding carboxylic acids is 2. The smallest absolute Gasteiger partial charge is 0.407 e. The Bertz CT molecular complexity index is 1030. The van der Waals surface area contributed by atoms with Crippen LogP contribution in [0, 0.1) is 11.3 Å². The van der Waals surface area contributed by atoms with Crippen LogP contribution in [0.3, 0.4) is 0 Å². The number of alkyl carbamates (subject to hydrolysis) is 1. The summed E-state index contributed by atoms with van der Waals surface area (Å²) in [5, 5.41) is 14.8. The molecular weight excluding hydrogens is 444 g/mol. The Morgan fingerprint density at radius 3 is 1.94 bits per heavy atom. The number of benzene rings is 2. The SMILES string of the molecule is CC(C)C[C@@H](NC(=O)C(CC(C)(C)C)NC(=O)OCC1c2ccccc2-c2ccccc21)C(=O)O. The standard InChI is InChI=1S/C28H36N2O5/c1-17(2)14-23(26(32)33)29-25(31)24(15-28(3,4)5)30-27(34)35-16-22-20-12-8-6-10-18(20)19-11-7-9-13-21(19)22/h6-13,17,22-24H,14-16H2,1-5H3,(H,29,31)(H,30,34)(H,32,33)/t23-,24?/m1/s1. The fourth-order valence-corrected chi connectivity index (χ4v) is 4.57. The molecule has 1 aliphatic rings. The average molecular weight is 481 g/mol. The second-order valence-electron chi connectivity index (χ2n) is 10.8. The van der Waals surface area contributed by atoms with E-state index < -0.39 is 30.1 Å². The highest BCUT2D eigenvalue weighted by Crippen LogP contribution is 2.44. The van der Waals surface area contributed by atoms with Gasteiger partial charge in [-0.25, -0.2) is 9.59 Å². The molecule has 2 aromatic carbocycles. The van der Waals surface area contributed by atoms with Crippen molar-refractivity contribution >= 4 is 18.0 Å². The molecule has 0 spiro atoms. The van der Waals surface area contributed by atoms with Gasteiger partial charge in [0.15, 0.2) is 0 Å². The second kappa shape index (κ2) is 10.9. The zero-order valence-corrected chi connectivity index (χ0v) is 21.1. The maximum Gasteiger partial charge on any atom is 0.407 e. The van der Waals surface area contributed by atoms with Gasteiger partial charge in [0.25, 0.3) is 0 Å². The topological polar surface area (TPSA) is 105 Å². The van der Waals surface area contributed by atoms with Crippen LogP contribution in [-0.4, -0.2) is 41.8 Å². The van der Waals surface area contributed by atoms with Crippen LogP contribution in [0.2, 0.25) is 0 Å². The number of carboxylic acid groups (broad SMARTS) is 1. The molecule has 188 valence electrons. The number of fused-ring (bicyclic) bond motifs is 3. The molecule has 3 N–H and O–H groups in total. The Morgan fingerprint density at radius 1 is 0.914 bits per heavy atom. The number of ether oxygens (including phenoxy) is 1. The highest BCUT2D eigenvalue weighted by atomic mass is 16.5. The van der Waals surface area contributed by atoms with Crippen LogP contribution >= 0.6 is 0 Å². The van der Waals surface area contributed by atoms with Crippen molar-refractivity contribution in [2.75, 3.05) is 6.61 Å². The highest BCUT2D eigenvalue weighted by molar-refractivity contribution is 5.89. The van der Waals surface area contributed by atoms with Crippen LogP contribution in [0.5, 0.6) is 0 Å². The maximum absolute atomic E-state index is 13.0. The summed E-state index contributed by atoms with van der Waals surface area (Å²) in [5.74, 6) is -1.62. The Kier molecular flexibility index (Phi) is 8.20. The zero-order chi connectivity index (χ0) is 25.8. The van der Waals surface area contributed by atoms with E-state index in [4.69, 9.17) is 4.74 Å². The van der Waals surface area contributed by atoms with Gasteiger partial charge in [0, 0.05) is 5.92 Å². The van der Waals surface area contributed by atoms with Crippen LogP contribution < -0.4 is 10.6 Å². The lowest BCUT2D eigenvalue weighted by atomic mass is 9.87. The van der Waals surface area contributed by atoms with Crippen molar-refractivity contribution in [2.45, 2.75) is 65.5 Å². The molecule has 0 aromatic heterocycles. The molecule has 0 saturated carbocycles. The van der Waals surface area contributed by atoms with E-state index in [1.807, 2.05) is 71.0 Å². The lowest BCUT2D eigenvalue weighted by molar-refractivity contribution is -0.142. The summed E-state index contributed by atoms with van der Waals surface area (Å²) in [5.41, 5.74) is 4.18. The molecule has 2 aromatic rings. The minimum absolute atomic E-state index is 0.0903. The summed E-state index contributed by atoms with van der Waals surface area (Å²) in [6.07, 6.45) is -0.0716. The minimum atomic E-state index is -1.09. The number of amides is 2. The second-order valence-corrected chi connectivity index (χ2v) is 10.8. The molecule has 0 bridgehead atoms.